The minimum atomic E-state index is 0.199. The minimum Gasteiger partial charge on any atom is -0.496 e. The van der Waals surface area contributed by atoms with Crippen molar-refractivity contribution in [3.8, 4) is 17.1 Å². The number of rotatable bonds is 3. The van der Waals surface area contributed by atoms with Crippen LogP contribution in [-0.4, -0.2) is 22.3 Å². The fourth-order valence-corrected chi connectivity index (χ4v) is 6.10. The first kappa shape index (κ1) is 15.5. The molecule has 4 saturated carbocycles. The normalized spacial score (nSPS) is 33.0. The van der Waals surface area contributed by atoms with Crippen LogP contribution in [0.4, 0.5) is 5.69 Å². The van der Waals surface area contributed by atoms with Crippen molar-refractivity contribution >= 4 is 17.3 Å². The van der Waals surface area contributed by atoms with Crippen molar-refractivity contribution in [3.63, 3.8) is 0 Å². The molecule has 1 heterocycles. The maximum atomic E-state index is 6.21. The summed E-state index contributed by atoms with van der Waals surface area (Å²) in [4.78, 5) is 4.90. The molecule has 0 amide bonds. The number of nitrogens with zero attached hydrogens (tertiary/aromatic N) is 2. The number of nitrogens with two attached hydrogens (primary N) is 1. The third-order valence-electron chi connectivity index (χ3n) is 6.59. The van der Waals surface area contributed by atoms with Crippen LogP contribution in [-0.2, 0) is 5.41 Å². The zero-order chi connectivity index (χ0) is 17.2. The summed E-state index contributed by atoms with van der Waals surface area (Å²) < 4.78 is 5.46. The van der Waals surface area contributed by atoms with Gasteiger partial charge in [-0.05, 0) is 62.3 Å². The number of hydrogen-bond acceptors (Lipinski definition) is 4. The molecule has 5 nitrogen and oxygen atoms in total. The molecule has 4 fully saturated rings. The molecule has 0 spiro atoms. The van der Waals surface area contributed by atoms with Crippen molar-refractivity contribution in [2.75, 3.05) is 12.8 Å². The Morgan fingerprint density at radius 2 is 1.80 bits per heavy atom. The Hall–Kier alpha value is -1.75. The van der Waals surface area contributed by atoms with Crippen molar-refractivity contribution in [2.45, 2.75) is 43.9 Å². The summed E-state index contributed by atoms with van der Waals surface area (Å²) >= 11 is 6.21. The smallest absolute Gasteiger partial charge is 0.184 e. The van der Waals surface area contributed by atoms with E-state index >= 15 is 0 Å². The lowest BCUT2D eigenvalue weighted by molar-refractivity contribution is -0.00920. The van der Waals surface area contributed by atoms with Crippen LogP contribution >= 0.6 is 11.6 Å². The summed E-state index contributed by atoms with van der Waals surface area (Å²) in [6.07, 6.45) is 8.03. The molecule has 2 aromatic rings. The Morgan fingerprint density at radius 3 is 2.40 bits per heavy atom. The zero-order valence-electron chi connectivity index (χ0n) is 14.4. The van der Waals surface area contributed by atoms with Crippen LogP contribution in [0.25, 0.3) is 11.4 Å². The van der Waals surface area contributed by atoms with Crippen LogP contribution in [0, 0.1) is 17.8 Å². The molecule has 0 unspecified atom stereocenters. The first-order valence-corrected chi connectivity index (χ1v) is 9.50. The number of nitrogen functional groups attached to an aromatic ring is 1. The number of nitrogens with one attached hydrogen (secondary N) is 1. The van der Waals surface area contributed by atoms with Gasteiger partial charge in [0.15, 0.2) is 5.82 Å². The molecule has 132 valence electrons. The third kappa shape index (κ3) is 2.35. The fourth-order valence-electron chi connectivity index (χ4n) is 5.93. The third-order valence-corrected chi connectivity index (χ3v) is 6.91. The van der Waals surface area contributed by atoms with Gasteiger partial charge >= 0.3 is 0 Å². The van der Waals surface area contributed by atoms with Gasteiger partial charge in [0, 0.05) is 11.5 Å². The zero-order valence-corrected chi connectivity index (χ0v) is 15.1. The lowest BCUT2D eigenvalue weighted by atomic mass is 9.49. The number of halogens is 1. The number of benzene rings is 1. The highest BCUT2D eigenvalue weighted by atomic mass is 35.5. The van der Waals surface area contributed by atoms with Crippen LogP contribution in [0.3, 0.4) is 0 Å². The summed E-state index contributed by atoms with van der Waals surface area (Å²) in [5.41, 5.74) is 7.37. The van der Waals surface area contributed by atoms with E-state index in [9.17, 15) is 0 Å². The second-order valence-corrected chi connectivity index (χ2v) is 8.69. The van der Waals surface area contributed by atoms with Gasteiger partial charge < -0.3 is 10.5 Å². The fraction of sp³-hybridized carbons (Fsp3) is 0.579. The number of H-pyrrole nitrogens is 1. The van der Waals surface area contributed by atoms with Gasteiger partial charge in [0.05, 0.1) is 23.4 Å². The molecule has 6 heteroatoms. The molecule has 4 aliphatic carbocycles. The molecular weight excluding hydrogens is 336 g/mol. The lowest BCUT2D eigenvalue weighted by Gasteiger charge is -2.55. The monoisotopic (exact) mass is 358 g/mol. The van der Waals surface area contributed by atoms with E-state index in [2.05, 4.69) is 10.2 Å². The molecule has 0 radical (unpaired) electrons. The topological polar surface area (TPSA) is 76.8 Å². The van der Waals surface area contributed by atoms with E-state index in [0.717, 1.165) is 29.1 Å². The molecule has 3 N–H and O–H groups in total. The molecule has 4 aliphatic rings. The summed E-state index contributed by atoms with van der Waals surface area (Å²) in [5, 5.41) is 8.26. The predicted octanol–water partition coefficient (Wildman–Crippen LogP) is 4.18. The second-order valence-electron chi connectivity index (χ2n) is 8.28. The van der Waals surface area contributed by atoms with Crippen LogP contribution in [0.5, 0.6) is 5.75 Å². The van der Waals surface area contributed by atoms with Gasteiger partial charge in [-0.15, -0.1) is 0 Å². The van der Waals surface area contributed by atoms with Gasteiger partial charge in [-0.3, -0.25) is 5.10 Å². The van der Waals surface area contributed by atoms with Crippen molar-refractivity contribution in [2.24, 2.45) is 17.8 Å². The molecular formula is C19H23ClN4O. The SMILES string of the molecule is COc1cc(N)c(Cl)cc1-c1n[nH]c(C23CC4CC(CC(C4)C2)C3)n1. The Bertz CT molecular complexity index is 796. The Morgan fingerprint density at radius 1 is 1.16 bits per heavy atom. The highest BCUT2D eigenvalue weighted by molar-refractivity contribution is 6.33. The van der Waals surface area contributed by atoms with E-state index in [1.54, 1.807) is 19.2 Å². The largest absolute Gasteiger partial charge is 0.496 e. The average molecular weight is 359 g/mol. The molecule has 4 bridgehead atoms. The summed E-state index contributed by atoms with van der Waals surface area (Å²) in [5.74, 6) is 4.97. The average Bonchev–Trinajstić information content (AvgIpc) is 3.06. The Balaban J connectivity index is 1.54. The van der Waals surface area contributed by atoms with Gasteiger partial charge in [0.25, 0.3) is 0 Å². The van der Waals surface area contributed by atoms with Crippen LogP contribution in [0.15, 0.2) is 12.1 Å². The van der Waals surface area contributed by atoms with Gasteiger partial charge in [-0.25, -0.2) is 4.98 Å². The van der Waals surface area contributed by atoms with E-state index < -0.39 is 0 Å². The highest BCUT2D eigenvalue weighted by Gasteiger charge is 2.53. The molecule has 25 heavy (non-hydrogen) atoms. The van der Waals surface area contributed by atoms with Crippen LogP contribution < -0.4 is 10.5 Å². The van der Waals surface area contributed by atoms with E-state index in [-0.39, 0.29) is 5.41 Å². The Kier molecular flexibility index (Phi) is 3.33. The lowest BCUT2D eigenvalue weighted by Crippen LogP contribution is -2.49. The van der Waals surface area contributed by atoms with Gasteiger partial charge in [-0.2, -0.15) is 5.10 Å². The molecule has 0 saturated heterocycles. The van der Waals surface area contributed by atoms with Crippen molar-refractivity contribution in [3.05, 3.63) is 23.0 Å². The number of anilines is 1. The number of methoxy groups -OCH3 is 1. The number of hydrogen-bond donors (Lipinski definition) is 2. The minimum absolute atomic E-state index is 0.199. The molecule has 1 aromatic carbocycles. The molecule has 0 atom stereocenters. The quantitative estimate of drug-likeness (QED) is 0.807. The van der Waals surface area contributed by atoms with Crippen molar-refractivity contribution in [1.82, 2.24) is 15.2 Å². The van der Waals surface area contributed by atoms with E-state index in [0.29, 0.717) is 22.3 Å². The number of ether oxygens (including phenoxy) is 1. The number of aromatic amines is 1. The summed E-state index contributed by atoms with van der Waals surface area (Å²) in [6.45, 7) is 0. The molecule has 0 aliphatic heterocycles. The first-order valence-electron chi connectivity index (χ1n) is 9.12. The van der Waals surface area contributed by atoms with Gasteiger partial charge in [0.1, 0.15) is 11.6 Å². The van der Waals surface area contributed by atoms with Crippen LogP contribution in [0.1, 0.15) is 44.3 Å². The Labute approximate surface area is 152 Å². The second kappa shape index (κ2) is 5.37. The summed E-state index contributed by atoms with van der Waals surface area (Å²) in [6, 6.07) is 3.53. The standard InChI is InChI=1S/C19H23ClN4O/c1-25-16-6-15(21)14(20)5-13(16)17-22-18(24-23-17)19-7-10-2-11(8-19)4-12(3-10)9-19/h5-6,10-12H,2-4,7-9,21H2,1H3,(H,22,23,24). The van der Waals surface area contributed by atoms with E-state index in [1.807, 2.05) is 0 Å². The first-order chi connectivity index (χ1) is 12.1. The van der Waals surface area contributed by atoms with Crippen LogP contribution in [0.2, 0.25) is 5.02 Å². The molecule has 6 rings (SSSR count). The van der Waals surface area contributed by atoms with Gasteiger partial charge in [0.2, 0.25) is 0 Å². The number of aromatic nitrogens is 3. The van der Waals surface area contributed by atoms with Crippen molar-refractivity contribution in [1.29, 1.82) is 0 Å². The van der Waals surface area contributed by atoms with E-state index in [4.69, 9.17) is 27.1 Å². The molecule has 1 aromatic heterocycles. The van der Waals surface area contributed by atoms with Crippen molar-refractivity contribution < 1.29 is 4.74 Å². The highest BCUT2D eigenvalue weighted by Crippen LogP contribution is 2.60. The van der Waals surface area contributed by atoms with Gasteiger partial charge in [-0.1, -0.05) is 11.6 Å². The summed E-state index contributed by atoms with van der Waals surface area (Å²) in [7, 11) is 1.62. The van der Waals surface area contributed by atoms with E-state index in [1.165, 1.54) is 38.5 Å². The maximum Gasteiger partial charge on any atom is 0.184 e. The maximum absolute atomic E-state index is 6.21. The predicted molar refractivity (Wildman–Crippen MR) is 97.6 cm³/mol.